The third-order valence-corrected chi connectivity index (χ3v) is 7.00. The van der Waals surface area contributed by atoms with Gasteiger partial charge in [0.15, 0.2) is 0 Å². The first kappa shape index (κ1) is 22.8. The van der Waals surface area contributed by atoms with E-state index in [0.717, 1.165) is 17.6 Å². The van der Waals surface area contributed by atoms with Gasteiger partial charge >= 0.3 is 6.18 Å². The van der Waals surface area contributed by atoms with Gasteiger partial charge in [-0.25, -0.2) is 17.7 Å². The van der Waals surface area contributed by atoms with Crippen LogP contribution in [0.15, 0.2) is 71.6 Å². The first-order chi connectivity index (χ1) is 15.6. The van der Waals surface area contributed by atoms with Crippen LogP contribution in [0.3, 0.4) is 0 Å². The molecule has 0 aliphatic carbocycles. The van der Waals surface area contributed by atoms with Crippen LogP contribution < -0.4 is 0 Å². The van der Waals surface area contributed by atoms with Gasteiger partial charge in [0.25, 0.3) is 0 Å². The summed E-state index contributed by atoms with van der Waals surface area (Å²) in [6.07, 6.45) is -1.03. The van der Waals surface area contributed by atoms with Crippen molar-refractivity contribution in [1.29, 1.82) is 0 Å². The van der Waals surface area contributed by atoms with Crippen LogP contribution in [-0.4, -0.2) is 36.8 Å². The van der Waals surface area contributed by atoms with Gasteiger partial charge in [0, 0.05) is 19.7 Å². The second kappa shape index (κ2) is 8.49. The van der Waals surface area contributed by atoms with Crippen LogP contribution >= 0.6 is 0 Å². The lowest BCUT2D eigenvalue weighted by atomic mass is 10.1. The molecule has 1 N–H and O–H groups in total. The molecule has 5 nitrogen and oxygen atoms in total. The van der Waals surface area contributed by atoms with E-state index < -0.39 is 21.8 Å². The van der Waals surface area contributed by atoms with Crippen molar-refractivity contribution in [3.05, 3.63) is 83.7 Å². The molecule has 0 spiro atoms. The Morgan fingerprint density at radius 1 is 0.939 bits per heavy atom. The Labute approximate surface area is 189 Å². The summed E-state index contributed by atoms with van der Waals surface area (Å²) in [5, 5.41) is 0. The van der Waals surface area contributed by atoms with Crippen LogP contribution in [0, 0.1) is 0 Å². The Bertz CT molecular complexity index is 1440. The van der Waals surface area contributed by atoms with E-state index in [2.05, 4.69) is 9.97 Å². The van der Waals surface area contributed by atoms with Crippen molar-refractivity contribution >= 4 is 33.2 Å². The molecule has 0 atom stereocenters. The molecule has 0 unspecified atom stereocenters. The van der Waals surface area contributed by atoms with Crippen molar-refractivity contribution < 1.29 is 21.6 Å². The van der Waals surface area contributed by atoms with Crippen LogP contribution in [0.5, 0.6) is 0 Å². The van der Waals surface area contributed by atoms with Crippen molar-refractivity contribution in [1.82, 2.24) is 14.3 Å². The van der Waals surface area contributed by atoms with E-state index in [9.17, 15) is 21.6 Å². The molecule has 0 amide bonds. The number of sulfonamides is 1. The molecule has 9 heteroatoms. The van der Waals surface area contributed by atoms with Crippen molar-refractivity contribution in [2.24, 2.45) is 0 Å². The average Bonchev–Trinajstić information content (AvgIpc) is 3.19. The molecule has 1 aromatic heterocycles. The highest BCUT2D eigenvalue weighted by molar-refractivity contribution is 7.89. The molecule has 0 fully saturated rings. The van der Waals surface area contributed by atoms with Crippen LogP contribution in [0.1, 0.15) is 17.0 Å². The van der Waals surface area contributed by atoms with Gasteiger partial charge in [-0.15, -0.1) is 0 Å². The lowest BCUT2D eigenvalue weighted by Crippen LogP contribution is -2.22. The zero-order valence-electron chi connectivity index (χ0n) is 17.8. The van der Waals surface area contributed by atoms with Crippen molar-refractivity contribution in [2.75, 3.05) is 14.1 Å². The molecule has 0 saturated carbocycles. The van der Waals surface area contributed by atoms with E-state index in [0.29, 0.717) is 28.0 Å². The molecule has 3 aromatic carbocycles. The standard InChI is InChI=1S/C24H20F3N3O2S/c1-30(2)33(31,32)22-6-4-3-5-19(22)17-10-13-20-21(15-17)29-23(28-20)14-9-16-7-11-18(12-8-16)24(25,26)27/h3-15H,1-2H3,(H,28,29)/b14-9+. The monoisotopic (exact) mass is 471 g/mol. The summed E-state index contributed by atoms with van der Waals surface area (Å²) in [5.41, 5.74) is 2.56. The summed E-state index contributed by atoms with van der Waals surface area (Å²) in [5.74, 6) is 0.524. The number of rotatable bonds is 5. The lowest BCUT2D eigenvalue weighted by molar-refractivity contribution is -0.137. The van der Waals surface area contributed by atoms with Crippen molar-refractivity contribution in [2.45, 2.75) is 11.1 Å². The van der Waals surface area contributed by atoms with Gasteiger partial charge < -0.3 is 4.98 Å². The van der Waals surface area contributed by atoms with Crippen LogP contribution in [0.2, 0.25) is 0 Å². The number of fused-ring (bicyclic) bond motifs is 1. The first-order valence-corrected chi connectivity index (χ1v) is 11.4. The predicted molar refractivity (Wildman–Crippen MR) is 123 cm³/mol. The SMILES string of the molecule is CN(C)S(=O)(=O)c1ccccc1-c1ccc2[nH]c(/C=C/c3ccc(C(F)(F)F)cc3)nc2c1. The maximum atomic E-state index is 12.7. The molecular formula is C24H20F3N3O2S. The minimum atomic E-state index is -4.37. The minimum Gasteiger partial charge on any atom is -0.338 e. The number of H-pyrrole nitrogens is 1. The van der Waals surface area contributed by atoms with E-state index in [4.69, 9.17) is 0 Å². The van der Waals surface area contributed by atoms with Crippen LogP contribution in [0.4, 0.5) is 13.2 Å². The normalized spacial score (nSPS) is 12.8. The Hall–Kier alpha value is -3.43. The number of hydrogen-bond acceptors (Lipinski definition) is 3. The molecule has 0 bridgehead atoms. The molecule has 0 radical (unpaired) electrons. The summed E-state index contributed by atoms with van der Waals surface area (Å²) in [6, 6.07) is 17.0. The minimum absolute atomic E-state index is 0.201. The maximum Gasteiger partial charge on any atom is 0.416 e. The highest BCUT2D eigenvalue weighted by Gasteiger charge is 2.29. The molecule has 4 aromatic rings. The Kier molecular flexibility index (Phi) is 5.85. The fourth-order valence-electron chi connectivity index (χ4n) is 3.36. The summed E-state index contributed by atoms with van der Waals surface area (Å²) < 4.78 is 64.7. The van der Waals surface area contributed by atoms with E-state index in [1.54, 1.807) is 42.5 Å². The fourth-order valence-corrected chi connectivity index (χ4v) is 4.46. The number of benzene rings is 3. The number of hydrogen-bond donors (Lipinski definition) is 1. The van der Waals surface area contributed by atoms with Gasteiger partial charge in [0.2, 0.25) is 10.0 Å². The highest BCUT2D eigenvalue weighted by Crippen LogP contribution is 2.31. The van der Waals surface area contributed by atoms with Gasteiger partial charge in [-0.2, -0.15) is 13.2 Å². The fraction of sp³-hybridized carbons (Fsp3) is 0.125. The summed E-state index contributed by atoms with van der Waals surface area (Å²) in [6.45, 7) is 0. The quantitative estimate of drug-likeness (QED) is 0.408. The molecule has 170 valence electrons. The molecular weight excluding hydrogens is 451 g/mol. The van der Waals surface area contributed by atoms with E-state index in [1.807, 2.05) is 12.1 Å². The van der Waals surface area contributed by atoms with E-state index in [-0.39, 0.29) is 4.90 Å². The third kappa shape index (κ3) is 4.69. The number of aromatic nitrogens is 2. The second-order valence-electron chi connectivity index (χ2n) is 7.59. The predicted octanol–water partition coefficient (Wildman–Crippen LogP) is 5.67. The summed E-state index contributed by atoms with van der Waals surface area (Å²) >= 11 is 0. The Morgan fingerprint density at radius 3 is 2.30 bits per heavy atom. The molecule has 33 heavy (non-hydrogen) atoms. The number of imidazole rings is 1. The van der Waals surface area contributed by atoms with Gasteiger partial charge in [-0.05, 0) is 47.5 Å². The Morgan fingerprint density at radius 2 is 1.64 bits per heavy atom. The largest absolute Gasteiger partial charge is 0.416 e. The maximum absolute atomic E-state index is 12.7. The molecule has 0 saturated heterocycles. The zero-order chi connectivity index (χ0) is 23.8. The van der Waals surface area contributed by atoms with Gasteiger partial charge in [0.1, 0.15) is 5.82 Å². The smallest absolute Gasteiger partial charge is 0.338 e. The first-order valence-electron chi connectivity index (χ1n) is 9.93. The summed E-state index contributed by atoms with van der Waals surface area (Å²) in [4.78, 5) is 7.86. The summed E-state index contributed by atoms with van der Waals surface area (Å²) in [7, 11) is -0.663. The molecule has 1 heterocycles. The number of alkyl halides is 3. The highest BCUT2D eigenvalue weighted by atomic mass is 32.2. The average molecular weight is 472 g/mol. The second-order valence-corrected chi connectivity index (χ2v) is 9.71. The lowest BCUT2D eigenvalue weighted by Gasteiger charge is -2.15. The molecule has 0 aliphatic rings. The van der Waals surface area contributed by atoms with Crippen LogP contribution in [-0.2, 0) is 16.2 Å². The number of nitrogens with zero attached hydrogens (tertiary/aromatic N) is 2. The Balaban J connectivity index is 1.65. The number of aromatic amines is 1. The zero-order valence-corrected chi connectivity index (χ0v) is 18.6. The molecule has 4 rings (SSSR count). The van der Waals surface area contributed by atoms with Crippen LogP contribution in [0.25, 0.3) is 34.3 Å². The van der Waals surface area contributed by atoms with Gasteiger partial charge in [-0.1, -0.05) is 42.5 Å². The topological polar surface area (TPSA) is 66.1 Å². The van der Waals surface area contributed by atoms with Crippen molar-refractivity contribution in [3.8, 4) is 11.1 Å². The molecule has 0 aliphatic heterocycles. The van der Waals surface area contributed by atoms with E-state index in [1.165, 1.54) is 30.5 Å². The number of nitrogens with one attached hydrogen (secondary N) is 1. The number of halogens is 3. The van der Waals surface area contributed by atoms with Crippen molar-refractivity contribution in [3.63, 3.8) is 0 Å². The van der Waals surface area contributed by atoms with E-state index >= 15 is 0 Å². The van der Waals surface area contributed by atoms with Gasteiger partial charge in [-0.3, -0.25) is 0 Å². The van der Waals surface area contributed by atoms with Gasteiger partial charge in [0.05, 0.1) is 21.5 Å². The third-order valence-electron chi connectivity index (χ3n) is 5.13.